The zero-order chi connectivity index (χ0) is 18.3. The van der Waals surface area contributed by atoms with Crippen molar-refractivity contribution in [2.45, 2.75) is 17.7 Å². The third kappa shape index (κ3) is 5.58. The summed E-state index contributed by atoms with van der Waals surface area (Å²) in [7, 11) is -0.213. The first-order valence-corrected chi connectivity index (χ1v) is 9.70. The second kappa shape index (κ2) is 9.02. The lowest BCUT2D eigenvalue weighted by Gasteiger charge is -2.17. The fourth-order valence-electron chi connectivity index (χ4n) is 2.28. The number of hydrogen-bond acceptors (Lipinski definition) is 6. The van der Waals surface area contributed by atoms with Gasteiger partial charge in [0.05, 0.1) is 18.1 Å². The van der Waals surface area contributed by atoms with E-state index in [-0.39, 0.29) is 23.8 Å². The summed E-state index contributed by atoms with van der Waals surface area (Å²) >= 11 is 0. The Hall–Kier alpha value is -1.84. The molecule has 0 radical (unpaired) electrons. The Bertz CT molecular complexity index is 693. The zero-order valence-electron chi connectivity index (χ0n) is 14.6. The molecule has 2 N–H and O–H groups in total. The largest absolute Gasteiger partial charge is 0.490 e. The van der Waals surface area contributed by atoms with Crippen molar-refractivity contribution < 1.29 is 22.7 Å². The summed E-state index contributed by atoms with van der Waals surface area (Å²) in [6.07, 6.45) is 0.849. The molecule has 1 aromatic carbocycles. The molecule has 0 fully saturated rings. The monoisotopic (exact) mass is 371 g/mol. The van der Waals surface area contributed by atoms with Crippen molar-refractivity contribution in [3.63, 3.8) is 0 Å². The van der Waals surface area contributed by atoms with Gasteiger partial charge < -0.3 is 19.7 Å². The van der Waals surface area contributed by atoms with E-state index >= 15 is 0 Å². The van der Waals surface area contributed by atoms with Gasteiger partial charge in [0, 0.05) is 45.6 Å². The van der Waals surface area contributed by atoms with Gasteiger partial charge in [0.2, 0.25) is 15.9 Å². The van der Waals surface area contributed by atoms with Crippen LogP contribution in [0.15, 0.2) is 23.1 Å². The predicted molar refractivity (Wildman–Crippen MR) is 93.4 cm³/mol. The first-order chi connectivity index (χ1) is 11.9. The molecule has 0 spiro atoms. The fourth-order valence-corrected chi connectivity index (χ4v) is 3.33. The van der Waals surface area contributed by atoms with E-state index in [2.05, 4.69) is 10.0 Å². The van der Waals surface area contributed by atoms with Crippen molar-refractivity contribution in [2.75, 3.05) is 46.9 Å². The topological polar surface area (TPSA) is 97.0 Å². The molecule has 1 heterocycles. The van der Waals surface area contributed by atoms with Crippen molar-refractivity contribution in [1.29, 1.82) is 0 Å². The lowest BCUT2D eigenvalue weighted by Crippen LogP contribution is -2.35. The summed E-state index contributed by atoms with van der Waals surface area (Å²) in [4.78, 5) is 13.6. The molecule has 0 atom stereocenters. The van der Waals surface area contributed by atoms with Crippen LogP contribution in [0.25, 0.3) is 0 Å². The van der Waals surface area contributed by atoms with Crippen LogP contribution in [-0.4, -0.2) is 66.2 Å². The van der Waals surface area contributed by atoms with E-state index in [0.717, 1.165) is 6.42 Å². The van der Waals surface area contributed by atoms with E-state index in [4.69, 9.17) is 9.47 Å². The van der Waals surface area contributed by atoms with E-state index < -0.39 is 10.0 Å². The highest BCUT2D eigenvalue weighted by molar-refractivity contribution is 7.89. The minimum atomic E-state index is -3.71. The highest BCUT2D eigenvalue weighted by atomic mass is 32.2. The first-order valence-electron chi connectivity index (χ1n) is 8.22. The number of nitrogens with one attached hydrogen (secondary N) is 2. The number of benzene rings is 1. The van der Waals surface area contributed by atoms with Crippen LogP contribution in [0.1, 0.15) is 12.8 Å². The number of carbonyl (C=O) groups is 1. The molecule has 25 heavy (non-hydrogen) atoms. The molecule has 9 heteroatoms. The Balaban J connectivity index is 1.93. The molecule has 0 bridgehead atoms. The average molecular weight is 371 g/mol. The summed E-state index contributed by atoms with van der Waals surface area (Å²) in [5.41, 5.74) is 0. The van der Waals surface area contributed by atoms with Gasteiger partial charge in [-0.2, -0.15) is 0 Å². The summed E-state index contributed by atoms with van der Waals surface area (Å²) in [5, 5.41) is 2.96. The van der Waals surface area contributed by atoms with Crippen molar-refractivity contribution in [3.8, 4) is 11.5 Å². The third-order valence-electron chi connectivity index (χ3n) is 3.78. The van der Waals surface area contributed by atoms with E-state index in [9.17, 15) is 13.2 Å². The van der Waals surface area contributed by atoms with Gasteiger partial charge in [0.1, 0.15) is 0 Å². The van der Waals surface area contributed by atoms with Crippen molar-refractivity contribution >= 4 is 15.9 Å². The zero-order valence-corrected chi connectivity index (χ0v) is 15.4. The Kier molecular flexibility index (Phi) is 7.03. The van der Waals surface area contributed by atoms with Crippen LogP contribution in [0, 0.1) is 0 Å². The number of hydrogen-bond donors (Lipinski definition) is 2. The van der Waals surface area contributed by atoms with Crippen LogP contribution in [0.2, 0.25) is 0 Å². The third-order valence-corrected chi connectivity index (χ3v) is 5.24. The van der Waals surface area contributed by atoms with Crippen LogP contribution in [0.4, 0.5) is 0 Å². The van der Waals surface area contributed by atoms with Crippen molar-refractivity contribution in [3.05, 3.63) is 18.2 Å². The molecule has 0 unspecified atom stereocenters. The Morgan fingerprint density at radius 1 is 1.20 bits per heavy atom. The van der Waals surface area contributed by atoms with Crippen LogP contribution < -0.4 is 19.5 Å². The maximum Gasteiger partial charge on any atom is 0.240 e. The van der Waals surface area contributed by atoms with E-state index in [1.165, 1.54) is 12.1 Å². The number of rotatable bonds is 8. The lowest BCUT2D eigenvalue weighted by molar-refractivity contribution is -0.129. The van der Waals surface area contributed by atoms with Gasteiger partial charge in [-0.3, -0.25) is 4.79 Å². The Morgan fingerprint density at radius 3 is 2.64 bits per heavy atom. The highest BCUT2D eigenvalue weighted by Crippen LogP contribution is 2.31. The Labute approximate surface area is 148 Å². The molecule has 1 aliphatic heterocycles. The fraction of sp³-hybridized carbons (Fsp3) is 0.562. The number of amides is 1. The minimum Gasteiger partial charge on any atom is -0.490 e. The molecule has 0 aliphatic carbocycles. The van der Waals surface area contributed by atoms with E-state index in [1.54, 1.807) is 18.0 Å². The van der Waals surface area contributed by atoms with Gasteiger partial charge in [-0.25, -0.2) is 13.1 Å². The number of sulfonamides is 1. The van der Waals surface area contributed by atoms with Crippen molar-refractivity contribution in [1.82, 2.24) is 14.9 Å². The maximum absolute atomic E-state index is 12.4. The molecule has 2 rings (SSSR count). The normalized spacial score (nSPS) is 14.0. The maximum atomic E-state index is 12.4. The predicted octanol–water partition coefficient (Wildman–Crippen LogP) is 0.194. The van der Waals surface area contributed by atoms with E-state index in [0.29, 0.717) is 37.8 Å². The minimum absolute atomic E-state index is 0.0412. The first kappa shape index (κ1) is 19.5. The number of likely N-dealkylation sites (N-methyl/N-ethyl adjacent to an activating group) is 2. The number of ether oxygens (including phenoxy) is 2. The summed E-state index contributed by atoms with van der Waals surface area (Å²) in [6.45, 7) is 2.33. The quantitative estimate of drug-likeness (QED) is 0.677. The molecule has 0 saturated carbocycles. The lowest BCUT2D eigenvalue weighted by atomic mass is 10.3. The van der Waals surface area contributed by atoms with Gasteiger partial charge >= 0.3 is 0 Å². The second-order valence-corrected chi connectivity index (χ2v) is 7.49. The Morgan fingerprint density at radius 2 is 1.92 bits per heavy atom. The van der Waals surface area contributed by atoms with Gasteiger partial charge in [0.25, 0.3) is 0 Å². The van der Waals surface area contributed by atoms with Crippen LogP contribution in [-0.2, 0) is 14.8 Å². The standard InChI is InChI=1S/C16H25N3O5S/c1-17-8-9-19(2)16(20)6-7-18-25(21,22)13-4-5-14-15(12-13)24-11-3-10-23-14/h4-5,12,17-18H,3,6-11H2,1-2H3. The average Bonchev–Trinajstić information content (AvgIpc) is 2.84. The number of nitrogens with zero attached hydrogens (tertiary/aromatic N) is 1. The second-order valence-electron chi connectivity index (χ2n) is 5.73. The van der Waals surface area contributed by atoms with Crippen LogP contribution in [0.3, 0.4) is 0 Å². The van der Waals surface area contributed by atoms with Gasteiger partial charge in [-0.15, -0.1) is 0 Å². The molecular weight excluding hydrogens is 346 g/mol. The highest BCUT2D eigenvalue weighted by Gasteiger charge is 2.19. The molecular formula is C16H25N3O5S. The van der Waals surface area contributed by atoms with Gasteiger partial charge in [-0.05, 0) is 19.2 Å². The molecule has 1 aromatic rings. The number of fused-ring (bicyclic) bond motifs is 1. The van der Waals surface area contributed by atoms with Crippen LogP contribution in [0.5, 0.6) is 11.5 Å². The summed E-state index contributed by atoms with van der Waals surface area (Å²) < 4.78 is 38.2. The molecule has 1 amide bonds. The van der Waals surface area contributed by atoms with Gasteiger partial charge in [-0.1, -0.05) is 0 Å². The van der Waals surface area contributed by atoms with E-state index in [1.807, 2.05) is 7.05 Å². The molecule has 0 aromatic heterocycles. The van der Waals surface area contributed by atoms with Gasteiger partial charge in [0.15, 0.2) is 11.5 Å². The molecule has 8 nitrogen and oxygen atoms in total. The summed E-state index contributed by atoms with van der Waals surface area (Å²) in [5.74, 6) is 0.845. The summed E-state index contributed by atoms with van der Waals surface area (Å²) in [6, 6.07) is 4.51. The SMILES string of the molecule is CNCCN(C)C(=O)CCNS(=O)(=O)c1ccc2c(c1)OCCCO2. The van der Waals surface area contributed by atoms with Crippen LogP contribution >= 0.6 is 0 Å². The molecule has 140 valence electrons. The molecule has 0 saturated heterocycles. The molecule has 1 aliphatic rings. The smallest absolute Gasteiger partial charge is 0.240 e. The van der Waals surface area contributed by atoms with Crippen molar-refractivity contribution in [2.24, 2.45) is 0 Å². The number of carbonyl (C=O) groups excluding carboxylic acids is 1.